The Morgan fingerprint density at radius 1 is 1.13 bits per heavy atom. The molecule has 3 heterocycles. The molecule has 2 aliphatic heterocycles. The van der Waals surface area contributed by atoms with Crippen LogP contribution in [0.4, 0.5) is 16.5 Å². The molecule has 9 heteroatoms. The third-order valence-corrected chi connectivity index (χ3v) is 8.37. The summed E-state index contributed by atoms with van der Waals surface area (Å²) in [5.41, 5.74) is 3.68. The molecule has 0 radical (unpaired) electrons. The fourth-order valence-electron chi connectivity index (χ4n) is 4.49. The molecule has 1 atom stereocenters. The van der Waals surface area contributed by atoms with Crippen LogP contribution in [0.5, 0.6) is 0 Å². The second-order valence-electron chi connectivity index (χ2n) is 7.90. The van der Waals surface area contributed by atoms with Gasteiger partial charge in [-0.05, 0) is 67.3 Å². The number of benzene rings is 2. The number of rotatable bonds is 5. The average molecular weight is 475 g/mol. The third kappa shape index (κ3) is 4.24. The molecule has 1 aromatic heterocycles. The van der Waals surface area contributed by atoms with Crippen molar-refractivity contribution in [3.63, 3.8) is 0 Å². The highest BCUT2D eigenvalue weighted by molar-refractivity contribution is 7.93. The molecule has 6 nitrogen and oxygen atoms in total. The highest BCUT2D eigenvalue weighted by atomic mass is 35.5. The summed E-state index contributed by atoms with van der Waals surface area (Å²) in [6.07, 6.45) is 4.87. The Labute approximate surface area is 191 Å². The van der Waals surface area contributed by atoms with Crippen molar-refractivity contribution in [2.24, 2.45) is 0 Å². The van der Waals surface area contributed by atoms with Crippen LogP contribution in [0.1, 0.15) is 18.4 Å². The molecule has 0 amide bonds. The van der Waals surface area contributed by atoms with E-state index in [0.29, 0.717) is 11.2 Å². The third-order valence-electron chi connectivity index (χ3n) is 5.97. The molecular formula is C22H23ClN4O2S2. The molecule has 1 fully saturated rings. The van der Waals surface area contributed by atoms with Gasteiger partial charge in [-0.3, -0.25) is 4.72 Å². The number of halogens is 1. The van der Waals surface area contributed by atoms with Crippen molar-refractivity contribution in [1.82, 2.24) is 4.98 Å². The highest BCUT2D eigenvalue weighted by Crippen LogP contribution is 2.34. The van der Waals surface area contributed by atoms with Gasteiger partial charge in [-0.25, -0.2) is 13.4 Å². The quantitative estimate of drug-likeness (QED) is 0.584. The van der Waals surface area contributed by atoms with Crippen molar-refractivity contribution in [1.29, 1.82) is 0 Å². The molecule has 162 valence electrons. The van der Waals surface area contributed by atoms with E-state index >= 15 is 0 Å². The van der Waals surface area contributed by atoms with Gasteiger partial charge in [0.25, 0.3) is 10.0 Å². The maximum absolute atomic E-state index is 12.6. The summed E-state index contributed by atoms with van der Waals surface area (Å²) < 4.78 is 27.6. The first-order chi connectivity index (χ1) is 15.0. The van der Waals surface area contributed by atoms with Gasteiger partial charge in [0.2, 0.25) is 0 Å². The van der Waals surface area contributed by atoms with E-state index in [4.69, 9.17) is 11.6 Å². The normalized spacial score (nSPS) is 18.8. The molecule has 1 N–H and O–H groups in total. The van der Waals surface area contributed by atoms with E-state index in [-0.39, 0.29) is 4.90 Å². The zero-order valence-electron chi connectivity index (χ0n) is 16.9. The van der Waals surface area contributed by atoms with Crippen LogP contribution in [0, 0.1) is 0 Å². The molecular weight excluding hydrogens is 452 g/mol. The van der Waals surface area contributed by atoms with E-state index in [0.717, 1.165) is 49.6 Å². The van der Waals surface area contributed by atoms with Crippen molar-refractivity contribution < 1.29 is 8.42 Å². The molecule has 0 saturated carbocycles. The fraction of sp³-hybridized carbons (Fsp3) is 0.318. The van der Waals surface area contributed by atoms with Crippen LogP contribution >= 0.6 is 22.9 Å². The summed E-state index contributed by atoms with van der Waals surface area (Å²) in [5.74, 6) is 0. The maximum atomic E-state index is 12.6. The zero-order valence-corrected chi connectivity index (χ0v) is 19.3. The smallest absolute Gasteiger partial charge is 0.263 e. The van der Waals surface area contributed by atoms with Gasteiger partial charge < -0.3 is 9.80 Å². The van der Waals surface area contributed by atoms with Crippen LogP contribution < -0.4 is 14.5 Å². The van der Waals surface area contributed by atoms with Crippen LogP contribution in [0.25, 0.3) is 0 Å². The molecule has 1 saturated heterocycles. The SMILES string of the molecule is O=S(=O)(Nc1nccs1)c1ccc(N2CC[C@H](N3CCCc4cc(Cl)ccc43)C2)cc1. The van der Waals surface area contributed by atoms with Gasteiger partial charge in [0.1, 0.15) is 0 Å². The standard InChI is InChI=1S/C22H23ClN4O2S2/c23-17-3-8-21-16(14-17)2-1-11-27(21)19-9-12-26(15-19)18-4-6-20(7-5-18)31(28,29)25-22-24-10-13-30-22/h3-8,10,13-14,19H,1-2,9,11-12,15H2,(H,24,25)/t19-/m0/s1. The van der Waals surface area contributed by atoms with E-state index in [1.807, 2.05) is 18.2 Å². The molecule has 31 heavy (non-hydrogen) atoms. The van der Waals surface area contributed by atoms with Gasteiger partial charge >= 0.3 is 0 Å². The zero-order chi connectivity index (χ0) is 21.4. The van der Waals surface area contributed by atoms with Crippen LogP contribution in [-0.4, -0.2) is 39.1 Å². The van der Waals surface area contributed by atoms with Gasteiger partial charge in [-0.2, -0.15) is 0 Å². The van der Waals surface area contributed by atoms with Gasteiger partial charge in [0, 0.05) is 53.7 Å². The summed E-state index contributed by atoms with van der Waals surface area (Å²) in [6, 6.07) is 13.8. The first kappa shape index (κ1) is 20.6. The lowest BCUT2D eigenvalue weighted by Crippen LogP contribution is -2.41. The van der Waals surface area contributed by atoms with Crippen LogP contribution in [0.3, 0.4) is 0 Å². The lowest BCUT2D eigenvalue weighted by atomic mass is 9.99. The Hall–Kier alpha value is -2.29. The van der Waals surface area contributed by atoms with Crippen LogP contribution in [0.2, 0.25) is 5.02 Å². The van der Waals surface area contributed by atoms with Crippen molar-refractivity contribution >= 4 is 49.5 Å². The Kier molecular flexibility index (Phi) is 5.54. The monoisotopic (exact) mass is 474 g/mol. The molecule has 2 aromatic carbocycles. The van der Waals surface area contributed by atoms with Gasteiger partial charge in [0.15, 0.2) is 5.13 Å². The summed E-state index contributed by atoms with van der Waals surface area (Å²) in [4.78, 5) is 9.08. The first-order valence-corrected chi connectivity index (χ1v) is 13.1. The highest BCUT2D eigenvalue weighted by Gasteiger charge is 2.31. The van der Waals surface area contributed by atoms with Crippen molar-refractivity contribution in [2.75, 3.05) is 34.2 Å². The number of fused-ring (bicyclic) bond motifs is 1. The molecule has 0 bridgehead atoms. The van der Waals surface area contributed by atoms with E-state index in [9.17, 15) is 8.42 Å². The minimum atomic E-state index is -3.63. The van der Waals surface area contributed by atoms with Crippen LogP contribution in [0.15, 0.2) is 58.9 Å². The Morgan fingerprint density at radius 2 is 1.97 bits per heavy atom. The minimum Gasteiger partial charge on any atom is -0.369 e. The molecule has 0 aliphatic carbocycles. The lowest BCUT2D eigenvalue weighted by molar-refractivity contribution is 0.595. The van der Waals surface area contributed by atoms with Crippen molar-refractivity contribution in [3.05, 3.63) is 64.6 Å². The number of nitrogens with one attached hydrogen (secondary N) is 1. The Bertz CT molecular complexity index is 1170. The van der Waals surface area contributed by atoms with E-state index < -0.39 is 10.0 Å². The summed E-state index contributed by atoms with van der Waals surface area (Å²) >= 11 is 7.45. The average Bonchev–Trinajstić information content (AvgIpc) is 3.45. The minimum absolute atomic E-state index is 0.240. The number of anilines is 3. The maximum Gasteiger partial charge on any atom is 0.263 e. The Balaban J connectivity index is 1.29. The summed E-state index contributed by atoms with van der Waals surface area (Å²) in [5, 5.41) is 2.91. The van der Waals surface area contributed by atoms with Crippen molar-refractivity contribution in [2.45, 2.75) is 30.2 Å². The van der Waals surface area contributed by atoms with Gasteiger partial charge in [-0.15, -0.1) is 11.3 Å². The van der Waals surface area contributed by atoms with Gasteiger partial charge in [-0.1, -0.05) is 11.6 Å². The Morgan fingerprint density at radius 3 is 2.74 bits per heavy atom. The molecule has 2 aliphatic rings. The first-order valence-electron chi connectivity index (χ1n) is 10.3. The second-order valence-corrected chi connectivity index (χ2v) is 10.9. The second kappa shape index (κ2) is 8.33. The predicted molar refractivity (Wildman–Crippen MR) is 127 cm³/mol. The number of nitrogens with zero attached hydrogens (tertiary/aromatic N) is 3. The molecule has 3 aromatic rings. The summed E-state index contributed by atoms with van der Waals surface area (Å²) in [7, 11) is -3.63. The molecule has 5 rings (SSSR count). The predicted octanol–water partition coefficient (Wildman–Crippen LogP) is 4.63. The number of thiazole rings is 1. The number of aryl methyl sites for hydroxylation is 1. The van der Waals surface area contributed by atoms with Gasteiger partial charge in [0.05, 0.1) is 4.90 Å². The number of aromatic nitrogens is 1. The van der Waals surface area contributed by atoms with E-state index in [2.05, 4.69) is 31.6 Å². The number of hydrogen-bond acceptors (Lipinski definition) is 6. The topological polar surface area (TPSA) is 65.5 Å². The lowest BCUT2D eigenvalue weighted by Gasteiger charge is -2.36. The van der Waals surface area contributed by atoms with E-state index in [1.165, 1.54) is 22.6 Å². The molecule has 0 spiro atoms. The summed E-state index contributed by atoms with van der Waals surface area (Å²) in [6.45, 7) is 2.94. The fourth-order valence-corrected chi connectivity index (χ4v) is 6.47. The largest absolute Gasteiger partial charge is 0.369 e. The van der Waals surface area contributed by atoms with Crippen LogP contribution in [-0.2, 0) is 16.4 Å². The number of hydrogen-bond donors (Lipinski definition) is 1. The van der Waals surface area contributed by atoms with E-state index in [1.54, 1.807) is 23.7 Å². The van der Waals surface area contributed by atoms with Crippen molar-refractivity contribution in [3.8, 4) is 0 Å². The number of sulfonamides is 1. The molecule has 0 unspecified atom stereocenters.